The first kappa shape index (κ1) is 24.4. The molecule has 0 atom stereocenters. The first-order valence-corrected chi connectivity index (χ1v) is 12.6. The van der Waals surface area contributed by atoms with Crippen LogP contribution >= 0.6 is 0 Å². The van der Waals surface area contributed by atoms with E-state index in [1.54, 1.807) is 0 Å². The van der Waals surface area contributed by atoms with Crippen LogP contribution in [-0.2, 0) is 26.6 Å². The average Bonchev–Trinajstić information content (AvgIpc) is 2.40. The molecule has 22 heavy (non-hydrogen) atoms. The molecular weight excluding hydrogens is 320 g/mol. The van der Waals surface area contributed by atoms with Crippen LogP contribution in [0, 0.1) is 0 Å². The SMILES string of the molecule is CCO[Si](C)(C)OCC.CCO[Si](OCC)(OCC)OCC. The summed E-state index contributed by atoms with van der Waals surface area (Å²) in [5.74, 6) is 0. The van der Waals surface area contributed by atoms with Crippen LogP contribution in [0.2, 0.25) is 13.1 Å². The molecule has 0 saturated carbocycles. The highest BCUT2D eigenvalue weighted by Crippen LogP contribution is 2.11. The minimum Gasteiger partial charge on any atom is -0.395 e. The highest BCUT2D eigenvalue weighted by molar-refractivity contribution is 6.64. The number of rotatable bonds is 12. The lowest BCUT2D eigenvalue weighted by Gasteiger charge is -2.26. The first-order chi connectivity index (χ1) is 10.4. The second-order valence-corrected chi connectivity index (χ2v) is 10.0. The van der Waals surface area contributed by atoms with Crippen molar-refractivity contribution in [3.63, 3.8) is 0 Å². The van der Waals surface area contributed by atoms with Crippen molar-refractivity contribution in [2.75, 3.05) is 39.6 Å². The van der Waals surface area contributed by atoms with E-state index in [1.807, 2.05) is 41.5 Å². The third-order valence-corrected chi connectivity index (χ3v) is 6.81. The maximum atomic E-state index is 5.42. The van der Waals surface area contributed by atoms with Crippen molar-refractivity contribution < 1.29 is 26.6 Å². The van der Waals surface area contributed by atoms with Gasteiger partial charge < -0.3 is 26.6 Å². The minimum atomic E-state index is -2.80. The van der Waals surface area contributed by atoms with E-state index in [0.29, 0.717) is 26.4 Å². The highest BCUT2D eigenvalue weighted by Gasteiger charge is 2.44. The zero-order valence-electron chi connectivity index (χ0n) is 15.7. The average molecular weight is 357 g/mol. The quantitative estimate of drug-likeness (QED) is 0.500. The summed E-state index contributed by atoms with van der Waals surface area (Å²) >= 11 is 0. The van der Waals surface area contributed by atoms with E-state index in [1.165, 1.54) is 0 Å². The zero-order chi connectivity index (χ0) is 17.5. The molecule has 0 radical (unpaired) electrons. The van der Waals surface area contributed by atoms with Crippen molar-refractivity contribution >= 4 is 17.6 Å². The van der Waals surface area contributed by atoms with Crippen molar-refractivity contribution in [1.82, 2.24) is 0 Å². The van der Waals surface area contributed by atoms with Crippen molar-refractivity contribution in [3.05, 3.63) is 0 Å². The van der Waals surface area contributed by atoms with Crippen molar-refractivity contribution in [2.45, 2.75) is 54.6 Å². The van der Waals surface area contributed by atoms with Crippen LogP contribution in [0.4, 0.5) is 0 Å². The van der Waals surface area contributed by atoms with Crippen LogP contribution in [0.3, 0.4) is 0 Å². The largest absolute Gasteiger partial charge is 0.679 e. The molecule has 0 unspecified atom stereocenters. The smallest absolute Gasteiger partial charge is 0.395 e. The normalized spacial score (nSPS) is 12.0. The molecule has 0 aromatic heterocycles. The molecule has 0 heterocycles. The molecule has 0 bridgehead atoms. The summed E-state index contributed by atoms with van der Waals surface area (Å²) in [7, 11) is -4.50. The third-order valence-electron chi connectivity index (χ3n) is 2.27. The van der Waals surface area contributed by atoms with Gasteiger partial charge in [0.15, 0.2) is 0 Å². The Morgan fingerprint density at radius 2 is 0.682 bits per heavy atom. The fourth-order valence-electron chi connectivity index (χ4n) is 1.69. The van der Waals surface area contributed by atoms with Crippen LogP contribution in [0.1, 0.15) is 41.5 Å². The summed E-state index contributed by atoms with van der Waals surface area (Å²) < 4.78 is 32.5. The van der Waals surface area contributed by atoms with Crippen LogP contribution < -0.4 is 0 Å². The molecule has 0 N–H and O–H groups in total. The monoisotopic (exact) mass is 356 g/mol. The Morgan fingerprint density at radius 1 is 0.455 bits per heavy atom. The summed E-state index contributed by atoms with van der Waals surface area (Å²) in [6.07, 6.45) is 0. The van der Waals surface area contributed by atoms with E-state index < -0.39 is 17.6 Å². The Morgan fingerprint density at radius 3 is 0.864 bits per heavy atom. The molecule has 0 aliphatic heterocycles. The lowest BCUT2D eigenvalue weighted by molar-refractivity contribution is -0.0247. The van der Waals surface area contributed by atoms with Gasteiger partial charge in [-0.3, -0.25) is 0 Å². The van der Waals surface area contributed by atoms with Gasteiger partial charge in [0, 0.05) is 39.6 Å². The van der Waals surface area contributed by atoms with Gasteiger partial charge in [0.05, 0.1) is 0 Å². The molecule has 0 aliphatic carbocycles. The molecule has 0 fully saturated rings. The fourth-order valence-corrected chi connectivity index (χ4v) is 5.08. The van der Waals surface area contributed by atoms with Gasteiger partial charge in [-0.1, -0.05) is 0 Å². The Kier molecular flexibility index (Phi) is 16.4. The molecule has 136 valence electrons. The van der Waals surface area contributed by atoms with Crippen molar-refractivity contribution in [2.24, 2.45) is 0 Å². The van der Waals surface area contributed by atoms with Crippen LogP contribution in [0.5, 0.6) is 0 Å². The van der Waals surface area contributed by atoms with Crippen molar-refractivity contribution in [1.29, 1.82) is 0 Å². The molecule has 0 spiro atoms. The molecule has 0 aromatic carbocycles. The number of hydrogen-bond donors (Lipinski definition) is 0. The van der Waals surface area contributed by atoms with E-state index in [0.717, 1.165) is 13.2 Å². The lowest BCUT2D eigenvalue weighted by Crippen LogP contribution is -2.49. The third kappa shape index (κ3) is 12.7. The lowest BCUT2D eigenvalue weighted by atomic mass is 10.9. The van der Waals surface area contributed by atoms with Gasteiger partial charge in [-0.05, 0) is 54.6 Å². The topological polar surface area (TPSA) is 55.4 Å². The Labute approximate surface area is 139 Å². The molecule has 8 heteroatoms. The van der Waals surface area contributed by atoms with Gasteiger partial charge in [-0.15, -0.1) is 0 Å². The molecular formula is C14H36O6Si2. The molecule has 0 saturated heterocycles. The van der Waals surface area contributed by atoms with Gasteiger partial charge in [0.1, 0.15) is 0 Å². The maximum absolute atomic E-state index is 5.42. The molecule has 6 nitrogen and oxygen atoms in total. The molecule has 0 aliphatic rings. The van der Waals surface area contributed by atoms with E-state index in [9.17, 15) is 0 Å². The van der Waals surface area contributed by atoms with Crippen LogP contribution in [0.25, 0.3) is 0 Å². The fraction of sp³-hybridized carbons (Fsp3) is 1.00. The van der Waals surface area contributed by atoms with Crippen LogP contribution in [-0.4, -0.2) is 57.3 Å². The maximum Gasteiger partial charge on any atom is 0.679 e. The predicted molar refractivity (Wildman–Crippen MR) is 93.0 cm³/mol. The predicted octanol–water partition coefficient (Wildman–Crippen LogP) is 3.33. The van der Waals surface area contributed by atoms with Crippen LogP contribution in [0.15, 0.2) is 0 Å². The minimum absolute atomic E-state index is 0.548. The van der Waals surface area contributed by atoms with Gasteiger partial charge in [0.25, 0.3) is 0 Å². The molecule has 0 amide bonds. The Bertz CT molecular complexity index is 204. The van der Waals surface area contributed by atoms with Gasteiger partial charge in [-0.2, -0.15) is 0 Å². The Balaban J connectivity index is 0. The Hall–Kier alpha value is 0.194. The van der Waals surface area contributed by atoms with E-state index in [-0.39, 0.29) is 0 Å². The summed E-state index contributed by atoms with van der Waals surface area (Å²) in [6.45, 7) is 19.4. The highest BCUT2D eigenvalue weighted by atomic mass is 28.4. The van der Waals surface area contributed by atoms with E-state index in [2.05, 4.69) is 13.1 Å². The van der Waals surface area contributed by atoms with Gasteiger partial charge in [0.2, 0.25) is 0 Å². The van der Waals surface area contributed by atoms with E-state index >= 15 is 0 Å². The van der Waals surface area contributed by atoms with E-state index in [4.69, 9.17) is 26.6 Å². The molecule has 0 rings (SSSR count). The second-order valence-electron chi connectivity index (χ2n) is 4.50. The number of hydrogen-bond acceptors (Lipinski definition) is 6. The summed E-state index contributed by atoms with van der Waals surface area (Å²) in [6, 6.07) is 0. The molecule has 0 aromatic rings. The van der Waals surface area contributed by atoms with Gasteiger partial charge in [-0.25, -0.2) is 0 Å². The van der Waals surface area contributed by atoms with Crippen molar-refractivity contribution in [3.8, 4) is 0 Å². The first-order valence-electron chi connectivity index (χ1n) is 8.20. The second kappa shape index (κ2) is 14.8. The van der Waals surface area contributed by atoms with Gasteiger partial charge >= 0.3 is 17.6 Å². The summed E-state index contributed by atoms with van der Waals surface area (Å²) in [5.41, 5.74) is 0. The summed E-state index contributed by atoms with van der Waals surface area (Å²) in [5, 5.41) is 0. The zero-order valence-corrected chi connectivity index (χ0v) is 17.7. The summed E-state index contributed by atoms with van der Waals surface area (Å²) in [4.78, 5) is 0. The standard InChI is InChI=1S/C8H20O4Si.C6H16O2Si/c1-5-9-13(10-6-2,11-7-3)12-8-4;1-5-7-9(3,4)8-6-2/h5-8H2,1-4H3;5-6H2,1-4H3.